The minimum absolute atomic E-state index is 0.0156. The van der Waals surface area contributed by atoms with Gasteiger partial charge in [-0.1, -0.05) is 62.3 Å². The van der Waals surface area contributed by atoms with E-state index in [0.29, 0.717) is 37.5 Å². The molecule has 0 saturated heterocycles. The van der Waals surface area contributed by atoms with Crippen LogP contribution in [0.4, 0.5) is 0 Å². The normalized spacial score (nSPS) is 40.4. The van der Waals surface area contributed by atoms with E-state index in [-0.39, 0.29) is 69.5 Å². The number of ketones is 1. The molecule has 8 rings (SSSR count). The molecule has 11 nitrogen and oxygen atoms in total. The predicted octanol–water partition coefficient (Wildman–Crippen LogP) is 7.64. The summed E-state index contributed by atoms with van der Waals surface area (Å²) in [6, 6.07) is 1.65. The third-order valence-electron chi connectivity index (χ3n) is 18.6. The van der Waals surface area contributed by atoms with Crippen molar-refractivity contribution >= 4 is 29.5 Å². The lowest BCUT2D eigenvalue weighted by atomic mass is 9.33. The summed E-state index contributed by atoms with van der Waals surface area (Å²) in [7, 11) is 0. The number of rotatable bonds is 8. The van der Waals surface area contributed by atoms with Crippen molar-refractivity contribution in [2.45, 2.75) is 163 Å². The van der Waals surface area contributed by atoms with Crippen LogP contribution >= 0.6 is 0 Å². The summed E-state index contributed by atoms with van der Waals surface area (Å²) in [5, 5.41) is 16.2. The molecular formula is C47H66N4O7. The van der Waals surface area contributed by atoms with Gasteiger partial charge in [0.25, 0.3) is 5.91 Å². The summed E-state index contributed by atoms with van der Waals surface area (Å²) in [5.41, 5.74) is -0.749. The zero-order valence-corrected chi connectivity index (χ0v) is 36.3. The smallest absolute Gasteiger partial charge is 0.309 e. The number of nitrogens with one attached hydrogen (secondary N) is 2. The summed E-state index contributed by atoms with van der Waals surface area (Å²) in [6.45, 7) is 20.1. The van der Waals surface area contributed by atoms with Gasteiger partial charge in [0.1, 0.15) is 11.6 Å². The number of hydrogen-bond acceptors (Lipinski definition) is 8. The maximum atomic E-state index is 14.6. The number of amides is 2. The molecule has 1 aromatic heterocycles. The summed E-state index contributed by atoms with van der Waals surface area (Å²) in [4.78, 5) is 75.7. The second-order valence-corrected chi connectivity index (χ2v) is 22.0. The van der Waals surface area contributed by atoms with Crippen LogP contribution in [0.1, 0.15) is 156 Å². The number of hydrogen-bond donors (Lipinski definition) is 3. The van der Waals surface area contributed by atoms with Crippen molar-refractivity contribution in [3.8, 4) is 0 Å². The first kappa shape index (κ1) is 41.1. The Morgan fingerprint density at radius 2 is 1.48 bits per heavy atom. The van der Waals surface area contributed by atoms with Crippen molar-refractivity contribution in [2.24, 2.45) is 62.6 Å². The van der Waals surface area contributed by atoms with E-state index in [9.17, 15) is 29.1 Å². The number of allylic oxidation sites excluding steroid dienone is 1. The Morgan fingerprint density at radius 1 is 0.793 bits per heavy atom. The minimum Gasteiger partial charge on any atom is -0.481 e. The van der Waals surface area contributed by atoms with Gasteiger partial charge in [-0.05, 0) is 140 Å². The first-order chi connectivity index (χ1) is 27.1. The lowest BCUT2D eigenvalue weighted by molar-refractivity contribution is -0.235. The van der Waals surface area contributed by atoms with Crippen LogP contribution in [0.2, 0.25) is 0 Å². The highest BCUT2D eigenvalue weighted by molar-refractivity contribution is 6.03. The molecule has 1 unspecified atom stereocenters. The molecule has 11 heteroatoms. The van der Waals surface area contributed by atoms with Crippen LogP contribution in [-0.2, 0) is 23.9 Å². The number of carbonyl (C=O) groups excluding carboxylic acids is 4. The highest BCUT2D eigenvalue weighted by Crippen LogP contribution is 2.76. The van der Waals surface area contributed by atoms with Gasteiger partial charge in [0, 0.05) is 24.2 Å². The largest absolute Gasteiger partial charge is 0.481 e. The Kier molecular flexibility index (Phi) is 9.53. The molecule has 6 fully saturated rings. The van der Waals surface area contributed by atoms with Crippen LogP contribution in [-0.4, -0.2) is 61.8 Å². The fourth-order valence-corrected chi connectivity index (χ4v) is 14.9. The third kappa shape index (κ3) is 5.65. The number of fused-ring (bicyclic) bond motifs is 7. The summed E-state index contributed by atoms with van der Waals surface area (Å²) >= 11 is 0. The molecular weight excluding hydrogens is 733 g/mol. The van der Waals surface area contributed by atoms with E-state index in [2.05, 4.69) is 69.1 Å². The molecule has 7 aliphatic rings. The van der Waals surface area contributed by atoms with Gasteiger partial charge < -0.3 is 20.5 Å². The highest BCUT2D eigenvalue weighted by Gasteiger charge is 2.71. The highest BCUT2D eigenvalue weighted by atomic mass is 16.5. The van der Waals surface area contributed by atoms with Gasteiger partial charge in [0.05, 0.1) is 17.4 Å². The van der Waals surface area contributed by atoms with Gasteiger partial charge in [-0.2, -0.15) is 0 Å². The number of aromatic nitrogens is 2. The number of carbonyl (C=O) groups is 5. The molecule has 0 aromatic carbocycles. The summed E-state index contributed by atoms with van der Waals surface area (Å²) in [6.07, 6.45) is 12.7. The van der Waals surface area contributed by atoms with Crippen LogP contribution in [0, 0.1) is 62.6 Å². The number of esters is 1. The molecule has 10 atom stereocenters. The van der Waals surface area contributed by atoms with E-state index in [1.165, 1.54) is 12.4 Å². The van der Waals surface area contributed by atoms with Gasteiger partial charge in [0.2, 0.25) is 11.7 Å². The maximum absolute atomic E-state index is 14.6. The Labute approximate surface area is 344 Å². The molecule has 6 saturated carbocycles. The fraction of sp³-hybridized carbons (Fsp3) is 0.766. The summed E-state index contributed by atoms with van der Waals surface area (Å²) < 4.78 is 6.42. The van der Waals surface area contributed by atoms with Gasteiger partial charge in [0.15, 0.2) is 5.78 Å². The van der Waals surface area contributed by atoms with Gasteiger partial charge in [-0.25, -0.2) is 9.97 Å². The number of aliphatic carboxylic acids is 1. The van der Waals surface area contributed by atoms with E-state index >= 15 is 0 Å². The Hall–Kier alpha value is -3.63. The van der Waals surface area contributed by atoms with E-state index in [1.54, 1.807) is 6.07 Å². The Bertz CT molecular complexity index is 1950. The average molecular weight is 799 g/mol. The van der Waals surface area contributed by atoms with Gasteiger partial charge >= 0.3 is 11.9 Å². The van der Waals surface area contributed by atoms with Crippen molar-refractivity contribution < 1.29 is 33.8 Å². The number of ether oxygens (including phenoxy) is 1. The van der Waals surface area contributed by atoms with Gasteiger partial charge in [-0.15, -0.1) is 0 Å². The fourth-order valence-electron chi connectivity index (χ4n) is 14.9. The lowest BCUT2D eigenvalue weighted by Gasteiger charge is -2.72. The molecule has 0 radical (unpaired) electrons. The molecule has 1 heterocycles. The van der Waals surface area contributed by atoms with E-state index in [4.69, 9.17) is 4.74 Å². The Balaban J connectivity index is 1.05. The molecule has 7 aliphatic carbocycles. The van der Waals surface area contributed by atoms with Crippen LogP contribution in [0.15, 0.2) is 29.6 Å². The predicted molar refractivity (Wildman–Crippen MR) is 217 cm³/mol. The molecule has 0 spiro atoms. The standard InChI is InChI=1S/C47H66N4O7/c1-26(2)34-30(52)25-47(51-40(57)46(16-10-17-46)50-37(53)36-48-22-11-23-49-36)21-20-44(8)27(35(34)47)12-13-32-43(7)18-15-33(42(5,6)31(43)14-19-45(32,44)9)58-39(56)29-24-28(38(54)55)41(29,3)4/h11,22-23,26-29,31-33H,10,12-21,24-25H2,1-9H3,(H,50,53)(H,51,57)(H,54,55)/t27-,28+,29?,31+,32-,33+,43+,44-,45-,47-/m1/s1. The van der Waals surface area contributed by atoms with Crippen molar-refractivity contribution in [3.63, 3.8) is 0 Å². The molecule has 316 valence electrons. The third-order valence-corrected chi connectivity index (χ3v) is 18.6. The van der Waals surface area contributed by atoms with Crippen molar-refractivity contribution in [1.29, 1.82) is 0 Å². The molecule has 3 N–H and O–H groups in total. The first-order valence-corrected chi connectivity index (χ1v) is 22.2. The van der Waals surface area contributed by atoms with Gasteiger partial charge in [-0.3, -0.25) is 24.0 Å². The molecule has 0 aliphatic heterocycles. The number of carboxylic acids is 1. The molecule has 1 aromatic rings. The topological polar surface area (TPSA) is 165 Å². The zero-order valence-electron chi connectivity index (χ0n) is 36.3. The maximum Gasteiger partial charge on any atom is 0.309 e. The molecule has 58 heavy (non-hydrogen) atoms. The van der Waals surface area contributed by atoms with Crippen molar-refractivity contribution in [3.05, 3.63) is 35.4 Å². The second kappa shape index (κ2) is 13.4. The first-order valence-electron chi connectivity index (χ1n) is 22.2. The van der Waals surface area contributed by atoms with Crippen molar-refractivity contribution in [1.82, 2.24) is 20.6 Å². The average Bonchev–Trinajstić information content (AvgIpc) is 3.42. The van der Waals surface area contributed by atoms with Crippen LogP contribution in [0.25, 0.3) is 0 Å². The molecule has 0 bridgehead atoms. The minimum atomic E-state index is -1.06. The second-order valence-electron chi connectivity index (χ2n) is 22.0. The lowest BCUT2D eigenvalue weighted by Crippen LogP contribution is -2.70. The SMILES string of the molecule is CC(C)C1=C2[C@H]3CC[C@@H]4[C@@]5(C)CC[C@H](OC(=O)C6C[C@@H](C(=O)O)C6(C)C)C(C)(C)[C@@H]5CC[C@@]4(C)[C@]3(C)CC[C@@]2(NC(=O)C2(NC(=O)c3ncccn3)CCC2)CC1=O. The van der Waals surface area contributed by atoms with E-state index < -0.39 is 40.2 Å². The summed E-state index contributed by atoms with van der Waals surface area (Å²) in [5.74, 6) is -1.57. The number of Topliss-reactive ketones (excluding diaryl/α,β-unsaturated/α-hetero) is 1. The van der Waals surface area contributed by atoms with Crippen molar-refractivity contribution in [2.75, 3.05) is 0 Å². The quantitative estimate of drug-likeness (QED) is 0.224. The monoisotopic (exact) mass is 798 g/mol. The van der Waals surface area contributed by atoms with Crippen LogP contribution in [0.3, 0.4) is 0 Å². The van der Waals surface area contributed by atoms with E-state index in [0.717, 1.165) is 62.5 Å². The Morgan fingerprint density at radius 3 is 2.09 bits per heavy atom. The number of carboxylic acid groups (broad SMARTS) is 1. The zero-order chi connectivity index (χ0) is 42.0. The van der Waals surface area contributed by atoms with Crippen LogP contribution < -0.4 is 10.6 Å². The van der Waals surface area contributed by atoms with Crippen LogP contribution in [0.5, 0.6) is 0 Å². The molecule has 2 amide bonds. The number of nitrogens with zero attached hydrogens (tertiary/aromatic N) is 2. The van der Waals surface area contributed by atoms with E-state index in [1.807, 2.05) is 13.8 Å².